The summed E-state index contributed by atoms with van der Waals surface area (Å²) in [4.78, 5) is 14.6. The van der Waals surface area contributed by atoms with Crippen molar-refractivity contribution in [1.82, 2.24) is 24.5 Å². The Balaban J connectivity index is 1.52. The molecule has 0 amide bonds. The molecule has 6 heteroatoms. The lowest BCUT2D eigenvalue weighted by Gasteiger charge is -2.39. The molecule has 27 heavy (non-hydrogen) atoms. The first-order valence-electron chi connectivity index (χ1n) is 10.2. The number of nitrogens with zero attached hydrogens (tertiary/aromatic N) is 6. The van der Waals surface area contributed by atoms with Crippen LogP contribution in [0.1, 0.15) is 42.6 Å². The number of pyridine rings is 1. The van der Waals surface area contributed by atoms with Crippen molar-refractivity contribution in [1.29, 1.82) is 0 Å². The van der Waals surface area contributed by atoms with Crippen molar-refractivity contribution in [2.24, 2.45) is 0 Å². The van der Waals surface area contributed by atoms with Crippen molar-refractivity contribution in [2.75, 3.05) is 31.1 Å². The van der Waals surface area contributed by atoms with Crippen LogP contribution in [-0.2, 0) is 0 Å². The number of aromatic nitrogens is 4. The molecule has 3 aromatic heterocycles. The Labute approximate surface area is 160 Å². The third kappa shape index (κ3) is 2.87. The molecule has 2 aliphatic rings. The molecule has 142 valence electrons. The predicted molar refractivity (Wildman–Crippen MR) is 109 cm³/mol. The van der Waals surface area contributed by atoms with Gasteiger partial charge in [0.1, 0.15) is 5.82 Å². The van der Waals surface area contributed by atoms with Crippen LogP contribution in [0, 0.1) is 20.8 Å². The van der Waals surface area contributed by atoms with Crippen LogP contribution < -0.4 is 4.90 Å². The van der Waals surface area contributed by atoms with Crippen LogP contribution in [0.2, 0.25) is 0 Å². The summed E-state index contributed by atoms with van der Waals surface area (Å²) in [5.41, 5.74) is 4.98. The molecule has 0 bridgehead atoms. The number of anilines is 1. The maximum atomic E-state index is 4.84. The topological polar surface area (TPSA) is 49.6 Å². The largest absolute Gasteiger partial charge is 0.354 e. The van der Waals surface area contributed by atoms with E-state index in [1.54, 1.807) is 0 Å². The van der Waals surface area contributed by atoms with Gasteiger partial charge in [-0.3, -0.25) is 4.90 Å². The zero-order chi connectivity index (χ0) is 18.5. The first-order valence-corrected chi connectivity index (χ1v) is 10.2. The molecule has 1 aliphatic carbocycles. The number of piperazine rings is 1. The van der Waals surface area contributed by atoms with Gasteiger partial charge in [-0.05, 0) is 45.2 Å². The van der Waals surface area contributed by atoms with Gasteiger partial charge in [-0.15, -0.1) is 5.10 Å². The van der Waals surface area contributed by atoms with Gasteiger partial charge < -0.3 is 4.90 Å². The van der Waals surface area contributed by atoms with E-state index < -0.39 is 0 Å². The highest BCUT2D eigenvalue weighted by Gasteiger charge is 2.27. The number of hydrogen-bond donors (Lipinski definition) is 0. The van der Waals surface area contributed by atoms with E-state index in [-0.39, 0.29) is 0 Å². The van der Waals surface area contributed by atoms with Gasteiger partial charge in [0.05, 0.1) is 5.39 Å². The summed E-state index contributed by atoms with van der Waals surface area (Å²) in [5.74, 6) is 1.15. The van der Waals surface area contributed by atoms with Crippen LogP contribution in [-0.4, -0.2) is 56.7 Å². The molecule has 0 unspecified atom stereocenters. The fourth-order valence-corrected chi connectivity index (χ4v) is 4.93. The van der Waals surface area contributed by atoms with E-state index in [1.807, 2.05) is 11.4 Å². The molecule has 0 spiro atoms. The highest BCUT2D eigenvalue weighted by atomic mass is 15.4. The monoisotopic (exact) mass is 364 g/mol. The van der Waals surface area contributed by atoms with Crippen molar-refractivity contribution < 1.29 is 0 Å². The molecule has 3 aromatic rings. The summed E-state index contributed by atoms with van der Waals surface area (Å²) in [5, 5.41) is 5.92. The van der Waals surface area contributed by atoms with E-state index in [0.717, 1.165) is 66.1 Å². The molecular weight excluding hydrogens is 336 g/mol. The smallest absolute Gasteiger partial charge is 0.184 e. The second-order valence-electron chi connectivity index (χ2n) is 8.23. The Bertz CT molecular complexity index is 993. The molecule has 4 heterocycles. The third-order valence-corrected chi connectivity index (χ3v) is 6.26. The van der Waals surface area contributed by atoms with Gasteiger partial charge >= 0.3 is 0 Å². The highest BCUT2D eigenvalue weighted by Crippen LogP contribution is 2.28. The SMILES string of the molecule is Cc1cc(C)c2c(n1)nn1c(N3CCN(C4CCCC4)CC3)cc(C)nc21. The Morgan fingerprint density at radius 2 is 1.59 bits per heavy atom. The van der Waals surface area contributed by atoms with Crippen molar-refractivity contribution in [3.8, 4) is 0 Å². The molecule has 0 N–H and O–H groups in total. The number of rotatable bonds is 2. The maximum Gasteiger partial charge on any atom is 0.184 e. The van der Waals surface area contributed by atoms with Crippen LogP contribution in [0.3, 0.4) is 0 Å². The minimum absolute atomic E-state index is 0.802. The van der Waals surface area contributed by atoms with E-state index in [9.17, 15) is 0 Å². The van der Waals surface area contributed by atoms with E-state index in [2.05, 4.69) is 40.8 Å². The van der Waals surface area contributed by atoms with Crippen molar-refractivity contribution >= 4 is 22.5 Å². The van der Waals surface area contributed by atoms with Gasteiger partial charge in [-0.25, -0.2) is 9.97 Å². The van der Waals surface area contributed by atoms with Crippen molar-refractivity contribution in [3.05, 3.63) is 29.1 Å². The molecule has 6 nitrogen and oxygen atoms in total. The molecule has 0 aromatic carbocycles. The first-order chi connectivity index (χ1) is 13.1. The highest BCUT2D eigenvalue weighted by molar-refractivity contribution is 5.93. The van der Waals surface area contributed by atoms with Crippen molar-refractivity contribution in [2.45, 2.75) is 52.5 Å². The van der Waals surface area contributed by atoms with Gasteiger partial charge in [-0.1, -0.05) is 12.8 Å². The molecule has 0 radical (unpaired) electrons. The standard InChI is InChI=1S/C21H28N6/c1-14-12-15(2)22-20-19(14)21-23-16(3)13-18(27(21)24-20)26-10-8-25(9-11-26)17-6-4-5-7-17/h12-13,17H,4-11H2,1-3H3. The Hall–Kier alpha value is -2.21. The quantitative estimate of drug-likeness (QED) is 0.698. The van der Waals surface area contributed by atoms with Crippen LogP contribution in [0.5, 0.6) is 0 Å². The van der Waals surface area contributed by atoms with Crippen LogP contribution in [0.15, 0.2) is 12.1 Å². The average molecular weight is 364 g/mol. The molecule has 2 fully saturated rings. The van der Waals surface area contributed by atoms with Gasteiger partial charge in [-0.2, -0.15) is 4.52 Å². The molecule has 5 rings (SSSR count). The second kappa shape index (κ2) is 6.44. The molecule has 1 aliphatic heterocycles. The molecule has 1 saturated heterocycles. The van der Waals surface area contributed by atoms with Crippen LogP contribution in [0.4, 0.5) is 5.82 Å². The molecular formula is C21H28N6. The molecule has 0 atom stereocenters. The summed E-state index contributed by atoms with van der Waals surface area (Å²) < 4.78 is 2.02. The lowest BCUT2D eigenvalue weighted by atomic mass is 10.1. The van der Waals surface area contributed by atoms with Crippen LogP contribution in [0.25, 0.3) is 16.7 Å². The number of aryl methyl sites for hydroxylation is 3. The lowest BCUT2D eigenvalue weighted by molar-refractivity contribution is 0.187. The Kier molecular flexibility index (Phi) is 4.04. The summed E-state index contributed by atoms with van der Waals surface area (Å²) in [6.07, 6.45) is 5.57. The van der Waals surface area contributed by atoms with E-state index in [0.29, 0.717) is 0 Å². The second-order valence-corrected chi connectivity index (χ2v) is 8.23. The van der Waals surface area contributed by atoms with Crippen molar-refractivity contribution in [3.63, 3.8) is 0 Å². The van der Waals surface area contributed by atoms with E-state index >= 15 is 0 Å². The zero-order valence-electron chi connectivity index (χ0n) is 16.6. The first kappa shape index (κ1) is 16.9. The maximum absolute atomic E-state index is 4.84. The zero-order valence-corrected chi connectivity index (χ0v) is 16.6. The minimum Gasteiger partial charge on any atom is -0.354 e. The summed E-state index contributed by atoms with van der Waals surface area (Å²) in [6.45, 7) is 10.6. The number of hydrogen-bond acceptors (Lipinski definition) is 5. The predicted octanol–water partition coefficient (Wildman–Crippen LogP) is 3.27. The fraction of sp³-hybridized carbons (Fsp3) is 0.571. The minimum atomic E-state index is 0.802. The van der Waals surface area contributed by atoms with Gasteiger partial charge in [0.2, 0.25) is 0 Å². The number of fused-ring (bicyclic) bond motifs is 3. The molecule has 1 saturated carbocycles. The Morgan fingerprint density at radius 3 is 2.33 bits per heavy atom. The fourth-order valence-electron chi connectivity index (χ4n) is 4.93. The van der Waals surface area contributed by atoms with Gasteiger partial charge in [0.25, 0.3) is 0 Å². The third-order valence-electron chi connectivity index (χ3n) is 6.26. The normalized spacial score (nSPS) is 19.6. The lowest BCUT2D eigenvalue weighted by Crippen LogP contribution is -2.50. The van der Waals surface area contributed by atoms with E-state index in [4.69, 9.17) is 10.1 Å². The average Bonchev–Trinajstić information content (AvgIpc) is 3.29. The summed E-state index contributed by atoms with van der Waals surface area (Å²) >= 11 is 0. The summed E-state index contributed by atoms with van der Waals surface area (Å²) in [6, 6.07) is 5.11. The van der Waals surface area contributed by atoms with Crippen LogP contribution >= 0.6 is 0 Å². The van der Waals surface area contributed by atoms with Gasteiger partial charge in [0, 0.05) is 49.7 Å². The Morgan fingerprint density at radius 1 is 0.889 bits per heavy atom. The summed E-state index contributed by atoms with van der Waals surface area (Å²) in [7, 11) is 0. The van der Waals surface area contributed by atoms with Gasteiger partial charge in [0.15, 0.2) is 11.3 Å². The van der Waals surface area contributed by atoms with E-state index in [1.165, 1.54) is 31.2 Å².